The number of fused-ring (bicyclic) bond motifs is 2. The second-order valence-corrected chi connectivity index (χ2v) is 9.28. The summed E-state index contributed by atoms with van der Waals surface area (Å²) in [5, 5.41) is 13.2. The maximum Gasteiger partial charge on any atom is 0.410 e. The van der Waals surface area contributed by atoms with Crippen LogP contribution >= 0.6 is 11.3 Å². The smallest absolute Gasteiger partial charge is 0.410 e. The molecule has 7 heteroatoms. The van der Waals surface area contributed by atoms with Gasteiger partial charge in [0.15, 0.2) is 0 Å². The maximum atomic E-state index is 12.5. The minimum absolute atomic E-state index is 0.0158. The number of aryl methyl sites for hydroxylation is 1. The molecule has 3 heterocycles. The van der Waals surface area contributed by atoms with Gasteiger partial charge in [-0.25, -0.2) is 4.79 Å². The number of ether oxygens (including phenoxy) is 1. The van der Waals surface area contributed by atoms with E-state index in [9.17, 15) is 14.9 Å². The Morgan fingerprint density at radius 3 is 2.86 bits per heavy atom. The van der Waals surface area contributed by atoms with Crippen LogP contribution in [0.3, 0.4) is 0 Å². The number of carbonyl (C=O) groups is 2. The van der Waals surface area contributed by atoms with Crippen LogP contribution in [0.4, 0.5) is 9.80 Å². The summed E-state index contributed by atoms with van der Waals surface area (Å²) >= 11 is 1.39. The van der Waals surface area contributed by atoms with Crippen LogP contribution in [-0.2, 0) is 28.9 Å². The second-order valence-electron chi connectivity index (χ2n) is 8.17. The Hall–Kier alpha value is -2.85. The first kappa shape index (κ1) is 19.5. The van der Waals surface area contributed by atoms with Gasteiger partial charge in [0.2, 0.25) is 5.91 Å². The molecule has 1 aromatic heterocycles. The summed E-state index contributed by atoms with van der Waals surface area (Å²) in [5.74, 6) is -0.109. The Morgan fingerprint density at radius 1 is 1.38 bits per heavy atom. The molecule has 1 unspecified atom stereocenters. The fourth-order valence-electron chi connectivity index (χ4n) is 4.08. The third-order valence-corrected chi connectivity index (χ3v) is 6.59. The normalized spacial score (nSPS) is 19.6. The molecular formula is C22H23N3O3S. The zero-order valence-corrected chi connectivity index (χ0v) is 17.3. The van der Waals surface area contributed by atoms with Crippen LogP contribution in [0.2, 0.25) is 0 Å². The molecule has 0 radical (unpaired) electrons. The zero-order valence-electron chi connectivity index (χ0n) is 16.5. The number of nitriles is 1. The van der Waals surface area contributed by atoms with Crippen LogP contribution in [0.15, 0.2) is 30.3 Å². The van der Waals surface area contributed by atoms with Crippen LogP contribution < -0.4 is 5.32 Å². The van der Waals surface area contributed by atoms with Crippen molar-refractivity contribution in [2.24, 2.45) is 0 Å². The Kier molecular flexibility index (Phi) is 5.05. The molecule has 4 rings (SSSR count). The highest BCUT2D eigenvalue weighted by atomic mass is 32.1. The molecule has 0 spiro atoms. The quantitative estimate of drug-likeness (QED) is 0.819. The number of amides is 2. The number of cyclic esters (lactones) is 1. The van der Waals surface area contributed by atoms with E-state index >= 15 is 0 Å². The van der Waals surface area contributed by atoms with Crippen molar-refractivity contribution < 1.29 is 14.3 Å². The zero-order chi connectivity index (χ0) is 20.6. The Morgan fingerprint density at radius 2 is 2.14 bits per heavy atom. The van der Waals surface area contributed by atoms with Crippen LogP contribution in [0.1, 0.15) is 48.3 Å². The van der Waals surface area contributed by atoms with Gasteiger partial charge in [-0.1, -0.05) is 30.3 Å². The minimum Gasteiger partial charge on any atom is -0.443 e. The molecule has 1 fully saturated rings. The van der Waals surface area contributed by atoms with Crippen molar-refractivity contribution in [3.8, 4) is 6.07 Å². The monoisotopic (exact) mass is 409 g/mol. The Bertz CT molecular complexity index is 991. The SMILES string of the molecule is CC1(C)CC2Cc3c(sc(NC(=O)CCc4ccccc4)c3C#N)CN2C(=O)O1. The van der Waals surface area contributed by atoms with E-state index in [-0.39, 0.29) is 18.0 Å². The molecule has 0 aliphatic carbocycles. The molecule has 150 valence electrons. The molecule has 0 saturated carbocycles. The fourth-order valence-corrected chi connectivity index (χ4v) is 5.28. The molecule has 1 aromatic carbocycles. The van der Waals surface area contributed by atoms with Gasteiger partial charge in [-0.2, -0.15) is 5.26 Å². The largest absolute Gasteiger partial charge is 0.443 e. The van der Waals surface area contributed by atoms with E-state index in [2.05, 4.69) is 11.4 Å². The van der Waals surface area contributed by atoms with Crippen molar-refractivity contribution >= 4 is 28.3 Å². The lowest BCUT2D eigenvalue weighted by Gasteiger charge is -2.44. The predicted molar refractivity (Wildman–Crippen MR) is 111 cm³/mol. The van der Waals surface area contributed by atoms with Gasteiger partial charge in [-0.3, -0.25) is 9.69 Å². The van der Waals surface area contributed by atoms with Crippen LogP contribution in [0.25, 0.3) is 0 Å². The molecule has 2 aromatic rings. The van der Waals surface area contributed by atoms with E-state index in [1.54, 1.807) is 4.90 Å². The van der Waals surface area contributed by atoms with Gasteiger partial charge in [0, 0.05) is 23.8 Å². The highest BCUT2D eigenvalue weighted by Gasteiger charge is 2.43. The molecule has 29 heavy (non-hydrogen) atoms. The number of thiophene rings is 1. The summed E-state index contributed by atoms with van der Waals surface area (Å²) < 4.78 is 5.52. The lowest BCUT2D eigenvalue weighted by atomic mass is 9.88. The maximum absolute atomic E-state index is 12.5. The highest BCUT2D eigenvalue weighted by molar-refractivity contribution is 7.16. The minimum atomic E-state index is -0.507. The summed E-state index contributed by atoms with van der Waals surface area (Å²) in [6.45, 7) is 4.25. The number of hydrogen-bond acceptors (Lipinski definition) is 5. The topological polar surface area (TPSA) is 82.4 Å². The summed E-state index contributed by atoms with van der Waals surface area (Å²) in [6.07, 6.45) is 2.03. The van der Waals surface area contributed by atoms with Crippen LogP contribution in [0, 0.1) is 11.3 Å². The molecule has 0 bridgehead atoms. The number of hydrogen-bond donors (Lipinski definition) is 1. The first-order valence-electron chi connectivity index (χ1n) is 9.74. The van der Waals surface area contributed by atoms with E-state index in [1.165, 1.54) is 11.3 Å². The first-order valence-corrected chi connectivity index (χ1v) is 10.6. The van der Waals surface area contributed by atoms with Gasteiger partial charge in [0.1, 0.15) is 16.7 Å². The van der Waals surface area contributed by atoms with Crippen molar-refractivity contribution in [1.82, 2.24) is 4.90 Å². The van der Waals surface area contributed by atoms with E-state index in [4.69, 9.17) is 4.74 Å². The Labute approximate surface area is 174 Å². The summed E-state index contributed by atoms with van der Waals surface area (Å²) in [5.41, 5.74) is 2.09. The van der Waals surface area contributed by atoms with Gasteiger partial charge in [-0.05, 0) is 37.8 Å². The molecule has 2 aliphatic heterocycles. The van der Waals surface area contributed by atoms with Gasteiger partial charge >= 0.3 is 6.09 Å². The van der Waals surface area contributed by atoms with Gasteiger partial charge < -0.3 is 10.1 Å². The average molecular weight is 410 g/mol. The number of benzene rings is 1. The van der Waals surface area contributed by atoms with E-state index in [1.807, 2.05) is 44.2 Å². The summed E-state index contributed by atoms with van der Waals surface area (Å²) in [7, 11) is 0. The third kappa shape index (κ3) is 3.99. The van der Waals surface area contributed by atoms with Crippen molar-refractivity contribution in [2.45, 2.75) is 57.7 Å². The van der Waals surface area contributed by atoms with Crippen LogP contribution in [0.5, 0.6) is 0 Å². The third-order valence-electron chi connectivity index (χ3n) is 5.46. The number of nitrogens with zero attached hydrogens (tertiary/aromatic N) is 2. The van der Waals surface area contributed by atoms with Crippen molar-refractivity contribution in [3.05, 3.63) is 51.9 Å². The van der Waals surface area contributed by atoms with E-state index < -0.39 is 5.60 Å². The molecule has 1 N–H and O–H groups in total. The first-order chi connectivity index (χ1) is 13.9. The lowest BCUT2D eigenvalue weighted by Crippen LogP contribution is -2.54. The molecule has 2 aliphatic rings. The Balaban J connectivity index is 1.50. The lowest BCUT2D eigenvalue weighted by molar-refractivity contribution is -0.116. The molecule has 2 amide bonds. The highest BCUT2D eigenvalue weighted by Crippen LogP contribution is 2.42. The standard InChI is InChI=1S/C22H23N3O3S/c1-22(2)11-15-10-16-17(12-23)20(29-18(16)13-25(15)21(27)28-22)24-19(26)9-8-14-6-4-3-5-7-14/h3-7,15H,8-11,13H2,1-2H3,(H,24,26). The number of rotatable bonds is 4. The fraction of sp³-hybridized carbons (Fsp3) is 0.409. The van der Waals surface area contributed by atoms with Crippen LogP contribution in [-0.4, -0.2) is 28.5 Å². The van der Waals surface area contributed by atoms with Crippen molar-refractivity contribution in [1.29, 1.82) is 5.26 Å². The predicted octanol–water partition coefficient (Wildman–Crippen LogP) is 4.24. The molecular weight excluding hydrogens is 386 g/mol. The number of anilines is 1. The van der Waals surface area contributed by atoms with Gasteiger partial charge in [0.25, 0.3) is 0 Å². The number of nitrogens with one attached hydrogen (secondary N) is 1. The molecule has 1 saturated heterocycles. The second kappa shape index (κ2) is 7.53. The average Bonchev–Trinajstić information content (AvgIpc) is 3.01. The van der Waals surface area contributed by atoms with Crippen molar-refractivity contribution in [2.75, 3.05) is 5.32 Å². The van der Waals surface area contributed by atoms with E-state index in [0.717, 1.165) is 22.4 Å². The van der Waals surface area contributed by atoms with Gasteiger partial charge in [0.05, 0.1) is 12.1 Å². The van der Waals surface area contributed by atoms with Crippen molar-refractivity contribution in [3.63, 3.8) is 0 Å². The molecule has 6 nitrogen and oxygen atoms in total. The van der Waals surface area contributed by atoms with E-state index in [0.29, 0.717) is 36.4 Å². The molecule has 1 atom stereocenters. The number of carbonyl (C=O) groups excluding carboxylic acids is 2. The van der Waals surface area contributed by atoms with Gasteiger partial charge in [-0.15, -0.1) is 11.3 Å². The summed E-state index contributed by atoms with van der Waals surface area (Å²) in [6, 6.07) is 12.1. The summed E-state index contributed by atoms with van der Waals surface area (Å²) in [4.78, 5) is 27.5.